The second-order valence-corrected chi connectivity index (χ2v) is 5.53. The number of amides is 2. The Bertz CT molecular complexity index is 484. The van der Waals surface area contributed by atoms with Gasteiger partial charge in [0, 0.05) is 17.9 Å². The first-order valence-electron chi connectivity index (χ1n) is 6.40. The number of benzene rings is 1. The van der Waals surface area contributed by atoms with Gasteiger partial charge < -0.3 is 5.32 Å². The number of imide groups is 1. The molecule has 1 fully saturated rings. The van der Waals surface area contributed by atoms with Gasteiger partial charge in [-0.2, -0.15) is 0 Å². The summed E-state index contributed by atoms with van der Waals surface area (Å²) in [6, 6.07) is 7.14. The first-order valence-corrected chi connectivity index (χ1v) is 7.20. The highest BCUT2D eigenvalue weighted by Crippen LogP contribution is 2.21. The van der Waals surface area contributed by atoms with E-state index in [4.69, 9.17) is 0 Å². The van der Waals surface area contributed by atoms with Gasteiger partial charge in [-0.15, -0.1) is 0 Å². The smallest absolute Gasteiger partial charge is 0.261 e. The standard InChI is InChI=1S/C14H17BrN2O2/c1-10(18)17(11-5-4-8-16-9-11)14(19)12-6-2-3-7-13(12)15/h2-3,6-7,11,16H,4-5,8-9H2,1H3. The highest BCUT2D eigenvalue weighted by Gasteiger charge is 2.30. The van der Waals surface area contributed by atoms with Crippen LogP contribution in [0.25, 0.3) is 0 Å². The van der Waals surface area contributed by atoms with Crippen LogP contribution in [0.5, 0.6) is 0 Å². The molecule has 4 nitrogen and oxygen atoms in total. The molecule has 0 bridgehead atoms. The summed E-state index contributed by atoms with van der Waals surface area (Å²) < 4.78 is 0.718. The van der Waals surface area contributed by atoms with Gasteiger partial charge in [0.1, 0.15) is 0 Å². The Kier molecular flexibility index (Phi) is 4.71. The van der Waals surface area contributed by atoms with Crippen LogP contribution in [0.1, 0.15) is 30.1 Å². The normalized spacial score (nSPS) is 18.9. The van der Waals surface area contributed by atoms with Crippen molar-refractivity contribution in [3.05, 3.63) is 34.3 Å². The molecular formula is C14H17BrN2O2. The van der Waals surface area contributed by atoms with Crippen molar-refractivity contribution in [2.24, 2.45) is 0 Å². The van der Waals surface area contributed by atoms with Crippen molar-refractivity contribution in [3.8, 4) is 0 Å². The second-order valence-electron chi connectivity index (χ2n) is 4.67. The molecule has 1 unspecified atom stereocenters. The van der Waals surface area contributed by atoms with Crippen molar-refractivity contribution >= 4 is 27.7 Å². The molecule has 1 atom stereocenters. The minimum atomic E-state index is -0.228. The molecule has 1 aliphatic heterocycles. The van der Waals surface area contributed by atoms with Crippen molar-refractivity contribution in [1.29, 1.82) is 0 Å². The quantitative estimate of drug-likeness (QED) is 0.907. The molecule has 1 saturated heterocycles. The molecule has 1 heterocycles. The van der Waals surface area contributed by atoms with Crippen LogP contribution >= 0.6 is 15.9 Å². The molecule has 1 N–H and O–H groups in total. The van der Waals surface area contributed by atoms with Crippen molar-refractivity contribution in [1.82, 2.24) is 10.2 Å². The van der Waals surface area contributed by atoms with Gasteiger partial charge in [0.05, 0.1) is 11.6 Å². The molecule has 1 aliphatic rings. The largest absolute Gasteiger partial charge is 0.315 e. The van der Waals surface area contributed by atoms with Crippen molar-refractivity contribution in [2.45, 2.75) is 25.8 Å². The van der Waals surface area contributed by atoms with Crippen LogP contribution in [0.4, 0.5) is 0 Å². The number of carbonyl (C=O) groups is 2. The van der Waals surface area contributed by atoms with E-state index in [1.54, 1.807) is 12.1 Å². The minimum Gasteiger partial charge on any atom is -0.315 e. The van der Waals surface area contributed by atoms with E-state index in [-0.39, 0.29) is 17.9 Å². The van der Waals surface area contributed by atoms with Gasteiger partial charge in [0.15, 0.2) is 0 Å². The van der Waals surface area contributed by atoms with E-state index in [0.29, 0.717) is 12.1 Å². The lowest BCUT2D eigenvalue weighted by Gasteiger charge is -2.32. The Hall–Kier alpha value is -1.20. The predicted octanol–water partition coefficient (Wildman–Crippen LogP) is 2.19. The highest BCUT2D eigenvalue weighted by molar-refractivity contribution is 9.10. The molecule has 0 aliphatic carbocycles. The molecule has 19 heavy (non-hydrogen) atoms. The number of carbonyl (C=O) groups excluding carboxylic acids is 2. The molecule has 0 spiro atoms. The van der Waals surface area contributed by atoms with Crippen LogP contribution in [0, 0.1) is 0 Å². The van der Waals surface area contributed by atoms with Gasteiger partial charge in [0.2, 0.25) is 5.91 Å². The van der Waals surface area contributed by atoms with E-state index in [0.717, 1.165) is 23.9 Å². The lowest BCUT2D eigenvalue weighted by atomic mass is 10.0. The summed E-state index contributed by atoms with van der Waals surface area (Å²) in [5.41, 5.74) is 0.531. The topological polar surface area (TPSA) is 49.4 Å². The first kappa shape index (κ1) is 14.2. The zero-order valence-corrected chi connectivity index (χ0v) is 12.4. The molecule has 102 valence electrons. The van der Waals surface area contributed by atoms with Gasteiger partial charge in [0.25, 0.3) is 5.91 Å². The third-order valence-electron chi connectivity index (χ3n) is 3.30. The van der Waals surface area contributed by atoms with Crippen LogP contribution in [0.3, 0.4) is 0 Å². The fourth-order valence-corrected chi connectivity index (χ4v) is 2.84. The van der Waals surface area contributed by atoms with Crippen LogP contribution in [-0.4, -0.2) is 35.8 Å². The van der Waals surface area contributed by atoms with E-state index in [1.807, 2.05) is 12.1 Å². The average molecular weight is 325 g/mol. The third kappa shape index (κ3) is 3.22. The zero-order valence-electron chi connectivity index (χ0n) is 10.9. The Balaban J connectivity index is 2.26. The molecule has 5 heteroatoms. The summed E-state index contributed by atoms with van der Waals surface area (Å²) >= 11 is 3.36. The minimum absolute atomic E-state index is 0.0501. The lowest BCUT2D eigenvalue weighted by molar-refractivity contribution is -0.128. The summed E-state index contributed by atoms with van der Waals surface area (Å²) in [5, 5.41) is 3.23. The summed E-state index contributed by atoms with van der Waals surface area (Å²) in [6.07, 6.45) is 1.85. The SMILES string of the molecule is CC(=O)N(C(=O)c1ccccc1Br)C1CCCNC1. The molecule has 2 amide bonds. The zero-order chi connectivity index (χ0) is 13.8. The predicted molar refractivity (Wildman–Crippen MR) is 76.9 cm³/mol. The number of rotatable bonds is 2. The Morgan fingerprint density at radius 3 is 2.68 bits per heavy atom. The fraction of sp³-hybridized carbons (Fsp3) is 0.429. The number of nitrogens with one attached hydrogen (secondary N) is 1. The Morgan fingerprint density at radius 1 is 1.37 bits per heavy atom. The van der Waals surface area contributed by atoms with Crippen LogP contribution < -0.4 is 5.32 Å². The average Bonchev–Trinajstić information content (AvgIpc) is 2.40. The van der Waals surface area contributed by atoms with E-state index in [2.05, 4.69) is 21.2 Å². The Morgan fingerprint density at radius 2 is 2.11 bits per heavy atom. The maximum atomic E-state index is 12.6. The second kappa shape index (κ2) is 6.30. The van der Waals surface area contributed by atoms with Gasteiger partial charge in [-0.05, 0) is 47.4 Å². The molecule has 0 radical (unpaired) electrons. The van der Waals surface area contributed by atoms with Crippen molar-refractivity contribution in [2.75, 3.05) is 13.1 Å². The number of hydrogen-bond donors (Lipinski definition) is 1. The summed E-state index contributed by atoms with van der Waals surface area (Å²) in [5.74, 6) is -0.428. The summed E-state index contributed by atoms with van der Waals surface area (Å²) in [4.78, 5) is 25.8. The van der Waals surface area contributed by atoms with E-state index in [9.17, 15) is 9.59 Å². The maximum absolute atomic E-state index is 12.6. The van der Waals surface area contributed by atoms with Gasteiger partial charge in [-0.1, -0.05) is 12.1 Å². The van der Waals surface area contributed by atoms with E-state index in [1.165, 1.54) is 11.8 Å². The highest BCUT2D eigenvalue weighted by atomic mass is 79.9. The monoisotopic (exact) mass is 324 g/mol. The van der Waals surface area contributed by atoms with E-state index >= 15 is 0 Å². The molecule has 2 rings (SSSR count). The fourth-order valence-electron chi connectivity index (χ4n) is 2.38. The third-order valence-corrected chi connectivity index (χ3v) is 3.99. The number of piperidine rings is 1. The van der Waals surface area contributed by atoms with E-state index < -0.39 is 0 Å². The van der Waals surface area contributed by atoms with Crippen molar-refractivity contribution < 1.29 is 9.59 Å². The van der Waals surface area contributed by atoms with Crippen LogP contribution in [0.2, 0.25) is 0 Å². The maximum Gasteiger partial charge on any atom is 0.261 e. The number of nitrogens with zero attached hydrogens (tertiary/aromatic N) is 1. The van der Waals surface area contributed by atoms with Gasteiger partial charge in [-0.25, -0.2) is 0 Å². The van der Waals surface area contributed by atoms with Crippen LogP contribution in [0.15, 0.2) is 28.7 Å². The van der Waals surface area contributed by atoms with Gasteiger partial charge >= 0.3 is 0 Å². The first-order chi connectivity index (χ1) is 9.11. The molecule has 1 aromatic carbocycles. The molecule has 0 saturated carbocycles. The molecular weight excluding hydrogens is 308 g/mol. The Labute approximate surface area is 121 Å². The molecule has 1 aromatic rings. The summed E-state index contributed by atoms with van der Waals surface area (Å²) in [6.45, 7) is 3.07. The number of halogens is 1. The molecule has 0 aromatic heterocycles. The number of hydrogen-bond acceptors (Lipinski definition) is 3. The van der Waals surface area contributed by atoms with Crippen LogP contribution in [-0.2, 0) is 4.79 Å². The van der Waals surface area contributed by atoms with Gasteiger partial charge in [-0.3, -0.25) is 14.5 Å². The lowest BCUT2D eigenvalue weighted by Crippen LogP contribution is -2.50. The van der Waals surface area contributed by atoms with Crippen molar-refractivity contribution in [3.63, 3.8) is 0 Å². The summed E-state index contributed by atoms with van der Waals surface area (Å²) in [7, 11) is 0.